The summed E-state index contributed by atoms with van der Waals surface area (Å²) in [6.45, 7) is 3.48. The number of rotatable bonds is 5. The van der Waals surface area contributed by atoms with Crippen LogP contribution in [0.1, 0.15) is 19.4 Å². The third-order valence-electron chi connectivity index (χ3n) is 3.86. The Morgan fingerprint density at radius 3 is 2.56 bits per heavy atom. The second kappa shape index (κ2) is 7.61. The number of carbonyl (C=O) groups excluding carboxylic acids is 1. The highest BCUT2D eigenvalue weighted by molar-refractivity contribution is 7.94. The van der Waals surface area contributed by atoms with Gasteiger partial charge in [0.25, 0.3) is 0 Å². The lowest BCUT2D eigenvalue weighted by atomic mass is 10.2. The van der Waals surface area contributed by atoms with Crippen molar-refractivity contribution in [1.29, 1.82) is 0 Å². The van der Waals surface area contributed by atoms with E-state index in [1.807, 2.05) is 0 Å². The second-order valence-electron chi connectivity index (χ2n) is 6.19. The maximum atomic E-state index is 12.9. The molecule has 1 heterocycles. The first kappa shape index (κ1) is 19.2. The number of nitrogens with one attached hydrogen (secondary N) is 2. The second-order valence-corrected chi connectivity index (χ2v) is 9.90. The zero-order chi connectivity index (χ0) is 19.6. The van der Waals surface area contributed by atoms with Crippen molar-refractivity contribution in [2.24, 2.45) is 0 Å². The van der Waals surface area contributed by atoms with Crippen LogP contribution in [-0.2, 0) is 16.4 Å². The van der Waals surface area contributed by atoms with E-state index < -0.39 is 21.1 Å². The molecule has 3 rings (SSSR count). The molecule has 0 fully saturated rings. The van der Waals surface area contributed by atoms with Gasteiger partial charge in [0, 0.05) is 12.2 Å². The molecule has 2 N–H and O–H groups in total. The summed E-state index contributed by atoms with van der Waals surface area (Å²) in [5.41, 5.74) is 1.86. The largest absolute Gasteiger partial charge is 0.334 e. The molecule has 142 valence electrons. The monoisotopic (exact) mass is 407 g/mol. The molecule has 0 saturated carbocycles. The van der Waals surface area contributed by atoms with Crippen molar-refractivity contribution in [1.82, 2.24) is 10.3 Å². The number of anilines is 1. The Labute approximate surface area is 160 Å². The minimum atomic E-state index is -3.44. The van der Waals surface area contributed by atoms with Gasteiger partial charge in [-0.2, -0.15) is 0 Å². The van der Waals surface area contributed by atoms with Crippen LogP contribution in [0.3, 0.4) is 0 Å². The normalized spacial score (nSPS) is 11.7. The topological polar surface area (TPSA) is 88.2 Å². The standard InChI is InChI=1S/C18H18FN3O3S2/c1-11(2)27(24,25)18-22-15-8-7-14(9-16(15)26-18)21-17(23)20-10-12-3-5-13(19)6-4-12/h3-9,11H,10H2,1-2H3,(H2,20,21,23). The van der Waals surface area contributed by atoms with Crippen LogP contribution in [0.4, 0.5) is 14.9 Å². The summed E-state index contributed by atoms with van der Waals surface area (Å²) in [5.74, 6) is -0.333. The maximum Gasteiger partial charge on any atom is 0.319 e. The molecule has 6 nitrogen and oxygen atoms in total. The fourth-order valence-corrected chi connectivity index (χ4v) is 4.94. The number of sulfone groups is 1. The van der Waals surface area contributed by atoms with Gasteiger partial charge < -0.3 is 10.6 Å². The lowest BCUT2D eigenvalue weighted by Crippen LogP contribution is -2.28. The van der Waals surface area contributed by atoms with E-state index >= 15 is 0 Å². The molecule has 0 radical (unpaired) electrons. The van der Waals surface area contributed by atoms with Gasteiger partial charge in [-0.15, -0.1) is 11.3 Å². The van der Waals surface area contributed by atoms with Gasteiger partial charge in [0.2, 0.25) is 14.2 Å². The Kier molecular flexibility index (Phi) is 5.43. The average molecular weight is 407 g/mol. The van der Waals surface area contributed by atoms with E-state index in [1.165, 1.54) is 12.1 Å². The lowest BCUT2D eigenvalue weighted by molar-refractivity contribution is 0.251. The number of benzene rings is 2. The average Bonchev–Trinajstić information content (AvgIpc) is 3.05. The zero-order valence-electron chi connectivity index (χ0n) is 14.7. The van der Waals surface area contributed by atoms with E-state index in [1.54, 1.807) is 44.2 Å². The number of nitrogens with zero attached hydrogens (tertiary/aromatic N) is 1. The first-order chi connectivity index (χ1) is 12.8. The number of aromatic nitrogens is 1. The van der Waals surface area contributed by atoms with Crippen LogP contribution >= 0.6 is 11.3 Å². The van der Waals surface area contributed by atoms with E-state index in [0.717, 1.165) is 16.9 Å². The van der Waals surface area contributed by atoms with Crippen LogP contribution in [0, 0.1) is 5.82 Å². The van der Waals surface area contributed by atoms with Crippen LogP contribution in [0.5, 0.6) is 0 Å². The summed E-state index contributed by atoms with van der Waals surface area (Å²) in [4.78, 5) is 16.2. The Morgan fingerprint density at radius 1 is 1.19 bits per heavy atom. The molecule has 0 aliphatic carbocycles. The molecule has 0 bridgehead atoms. The summed E-state index contributed by atoms with van der Waals surface area (Å²) in [5, 5.41) is 4.82. The smallest absolute Gasteiger partial charge is 0.319 e. The van der Waals surface area contributed by atoms with Crippen LogP contribution in [0.25, 0.3) is 10.2 Å². The van der Waals surface area contributed by atoms with Crippen molar-refractivity contribution in [2.75, 3.05) is 5.32 Å². The van der Waals surface area contributed by atoms with Crippen LogP contribution < -0.4 is 10.6 Å². The molecule has 3 aromatic rings. The number of carbonyl (C=O) groups is 1. The van der Waals surface area contributed by atoms with Crippen LogP contribution in [-0.4, -0.2) is 24.7 Å². The van der Waals surface area contributed by atoms with E-state index in [0.29, 0.717) is 15.9 Å². The molecular weight excluding hydrogens is 389 g/mol. The van der Waals surface area contributed by atoms with E-state index in [-0.39, 0.29) is 16.7 Å². The molecular formula is C18H18FN3O3S2. The Morgan fingerprint density at radius 2 is 1.89 bits per heavy atom. The molecule has 9 heteroatoms. The molecule has 0 atom stereocenters. The number of urea groups is 1. The third-order valence-corrected chi connectivity index (χ3v) is 7.44. The first-order valence-electron chi connectivity index (χ1n) is 8.19. The molecule has 0 unspecified atom stereocenters. The van der Waals surface area contributed by atoms with Gasteiger partial charge in [0.05, 0.1) is 15.5 Å². The SMILES string of the molecule is CC(C)S(=O)(=O)c1nc2ccc(NC(=O)NCc3ccc(F)cc3)cc2s1. The van der Waals surface area contributed by atoms with Crippen molar-refractivity contribution < 1.29 is 17.6 Å². The first-order valence-corrected chi connectivity index (χ1v) is 10.6. The summed E-state index contributed by atoms with van der Waals surface area (Å²) in [7, 11) is -3.44. The highest BCUT2D eigenvalue weighted by atomic mass is 32.2. The van der Waals surface area contributed by atoms with Crippen molar-refractivity contribution in [2.45, 2.75) is 30.0 Å². The fraction of sp³-hybridized carbons (Fsp3) is 0.222. The molecule has 0 aliphatic rings. The van der Waals surface area contributed by atoms with Gasteiger partial charge in [0.1, 0.15) is 5.82 Å². The van der Waals surface area contributed by atoms with Crippen LogP contribution in [0.15, 0.2) is 46.8 Å². The highest BCUT2D eigenvalue weighted by Crippen LogP contribution is 2.29. The summed E-state index contributed by atoms with van der Waals surface area (Å²) < 4.78 is 38.1. The van der Waals surface area contributed by atoms with Crippen molar-refractivity contribution in [3.8, 4) is 0 Å². The summed E-state index contributed by atoms with van der Waals surface area (Å²) in [6, 6.07) is 10.4. The maximum absolute atomic E-state index is 12.9. The molecule has 0 saturated heterocycles. The number of fused-ring (bicyclic) bond motifs is 1. The zero-order valence-corrected chi connectivity index (χ0v) is 16.3. The van der Waals surface area contributed by atoms with Gasteiger partial charge >= 0.3 is 6.03 Å². The minimum absolute atomic E-state index is 0.0745. The predicted molar refractivity (Wildman–Crippen MR) is 104 cm³/mol. The van der Waals surface area contributed by atoms with Gasteiger partial charge in [0.15, 0.2) is 0 Å². The molecule has 27 heavy (non-hydrogen) atoms. The number of thiazole rings is 1. The van der Waals surface area contributed by atoms with Gasteiger partial charge in [-0.3, -0.25) is 0 Å². The van der Waals surface area contributed by atoms with Crippen molar-refractivity contribution >= 4 is 43.1 Å². The Balaban J connectivity index is 1.69. The third kappa shape index (κ3) is 4.42. The van der Waals surface area contributed by atoms with Crippen LogP contribution in [0.2, 0.25) is 0 Å². The Hall–Kier alpha value is -2.52. The molecule has 1 aromatic heterocycles. The molecule has 0 spiro atoms. The quantitative estimate of drug-likeness (QED) is 0.671. The predicted octanol–water partition coefficient (Wildman–Crippen LogP) is 3.94. The van der Waals surface area contributed by atoms with Crippen molar-refractivity contribution in [3.05, 3.63) is 53.8 Å². The molecule has 2 aromatic carbocycles. The van der Waals surface area contributed by atoms with Crippen molar-refractivity contribution in [3.63, 3.8) is 0 Å². The molecule has 0 aliphatic heterocycles. The minimum Gasteiger partial charge on any atom is -0.334 e. The van der Waals surface area contributed by atoms with Gasteiger partial charge in [-0.1, -0.05) is 12.1 Å². The van der Waals surface area contributed by atoms with E-state index in [9.17, 15) is 17.6 Å². The highest BCUT2D eigenvalue weighted by Gasteiger charge is 2.23. The number of amides is 2. The number of hydrogen-bond donors (Lipinski definition) is 2. The summed E-state index contributed by atoms with van der Waals surface area (Å²) >= 11 is 1.08. The van der Waals surface area contributed by atoms with E-state index in [2.05, 4.69) is 15.6 Å². The molecule has 2 amide bonds. The van der Waals surface area contributed by atoms with E-state index in [4.69, 9.17) is 0 Å². The Bertz CT molecular complexity index is 1080. The summed E-state index contributed by atoms with van der Waals surface area (Å²) in [6.07, 6.45) is 0. The van der Waals surface area contributed by atoms with Gasteiger partial charge in [-0.25, -0.2) is 22.6 Å². The fourth-order valence-electron chi connectivity index (χ4n) is 2.26. The van der Waals surface area contributed by atoms with Gasteiger partial charge in [-0.05, 0) is 49.7 Å². The number of hydrogen-bond acceptors (Lipinski definition) is 5. The lowest BCUT2D eigenvalue weighted by Gasteiger charge is -2.07. The number of halogens is 1.